The van der Waals surface area contributed by atoms with Crippen LogP contribution in [0.5, 0.6) is 5.75 Å². The Morgan fingerprint density at radius 1 is 1.10 bits per heavy atom. The summed E-state index contributed by atoms with van der Waals surface area (Å²) >= 11 is 0. The molecular weight excluding hydrogens is 265 g/mol. The van der Waals surface area contributed by atoms with E-state index in [9.17, 15) is 4.39 Å². The summed E-state index contributed by atoms with van der Waals surface area (Å²) in [5.74, 6) is 0.696. The minimum Gasteiger partial charge on any atom is -0.496 e. The average Bonchev–Trinajstić information content (AvgIpc) is 2.48. The lowest BCUT2D eigenvalue weighted by atomic mass is 9.96. The van der Waals surface area contributed by atoms with Gasteiger partial charge in [0.1, 0.15) is 11.6 Å². The smallest absolute Gasteiger partial charge is 0.128 e. The number of nitrogens with one attached hydrogen (secondary N) is 1. The van der Waals surface area contributed by atoms with Crippen LogP contribution in [0.15, 0.2) is 30.3 Å². The molecule has 0 amide bonds. The number of hydrogen-bond acceptors (Lipinski definition) is 2. The monoisotopic (exact) mass is 287 g/mol. The first-order chi connectivity index (χ1) is 10.1. The van der Waals surface area contributed by atoms with Gasteiger partial charge >= 0.3 is 0 Å². The lowest BCUT2D eigenvalue weighted by Gasteiger charge is -2.13. The van der Waals surface area contributed by atoms with Crippen LogP contribution in [0.2, 0.25) is 0 Å². The number of aryl methyl sites for hydroxylation is 2. The quantitative estimate of drug-likeness (QED) is 0.888. The summed E-state index contributed by atoms with van der Waals surface area (Å²) < 4.78 is 19.5. The fourth-order valence-electron chi connectivity index (χ4n) is 2.44. The third kappa shape index (κ3) is 3.42. The molecule has 0 fully saturated rings. The van der Waals surface area contributed by atoms with Gasteiger partial charge in [0.25, 0.3) is 0 Å². The van der Waals surface area contributed by atoms with E-state index in [2.05, 4.69) is 5.32 Å². The second-order valence-corrected chi connectivity index (χ2v) is 5.22. The zero-order valence-electron chi connectivity index (χ0n) is 13.1. The van der Waals surface area contributed by atoms with E-state index in [1.54, 1.807) is 13.2 Å². The van der Waals surface area contributed by atoms with Crippen molar-refractivity contribution in [3.05, 3.63) is 52.8 Å². The summed E-state index contributed by atoms with van der Waals surface area (Å²) in [4.78, 5) is 0. The molecule has 0 spiro atoms. The first-order valence-electron chi connectivity index (χ1n) is 7.21. The van der Waals surface area contributed by atoms with Crippen LogP contribution in [-0.4, -0.2) is 13.7 Å². The van der Waals surface area contributed by atoms with Gasteiger partial charge in [0.2, 0.25) is 0 Å². The van der Waals surface area contributed by atoms with Crippen LogP contribution >= 0.6 is 0 Å². The van der Waals surface area contributed by atoms with Crippen molar-refractivity contribution >= 4 is 0 Å². The van der Waals surface area contributed by atoms with Crippen molar-refractivity contribution in [1.82, 2.24) is 5.32 Å². The van der Waals surface area contributed by atoms with Crippen molar-refractivity contribution in [1.29, 1.82) is 0 Å². The number of hydrogen-bond donors (Lipinski definition) is 1. The van der Waals surface area contributed by atoms with Gasteiger partial charge in [0.05, 0.1) is 7.11 Å². The maximum Gasteiger partial charge on any atom is 0.128 e. The molecule has 2 aromatic carbocycles. The molecule has 0 aromatic heterocycles. The molecule has 0 unspecified atom stereocenters. The SMILES string of the molecule is CCNCc1ccc(-c2cc(C)c(OC)cc2C)cc1F. The maximum absolute atomic E-state index is 14.2. The van der Waals surface area contributed by atoms with Crippen molar-refractivity contribution in [3.8, 4) is 16.9 Å². The van der Waals surface area contributed by atoms with E-state index in [4.69, 9.17) is 4.74 Å². The summed E-state index contributed by atoms with van der Waals surface area (Å²) in [5, 5.41) is 3.14. The van der Waals surface area contributed by atoms with E-state index < -0.39 is 0 Å². The Balaban J connectivity index is 2.38. The van der Waals surface area contributed by atoms with E-state index in [1.165, 1.54) is 0 Å². The van der Waals surface area contributed by atoms with Gasteiger partial charge in [-0.2, -0.15) is 0 Å². The molecule has 0 heterocycles. The summed E-state index contributed by atoms with van der Waals surface area (Å²) in [6.45, 7) is 7.41. The second-order valence-electron chi connectivity index (χ2n) is 5.22. The maximum atomic E-state index is 14.2. The van der Waals surface area contributed by atoms with Crippen molar-refractivity contribution in [2.24, 2.45) is 0 Å². The molecule has 2 aromatic rings. The molecule has 21 heavy (non-hydrogen) atoms. The van der Waals surface area contributed by atoms with E-state index >= 15 is 0 Å². The third-order valence-electron chi connectivity index (χ3n) is 3.67. The predicted molar refractivity (Wildman–Crippen MR) is 85.2 cm³/mol. The minimum absolute atomic E-state index is 0.165. The zero-order valence-corrected chi connectivity index (χ0v) is 13.1. The molecule has 0 saturated carbocycles. The number of rotatable bonds is 5. The van der Waals surface area contributed by atoms with Crippen molar-refractivity contribution in [3.63, 3.8) is 0 Å². The number of halogens is 1. The molecule has 0 aliphatic carbocycles. The highest BCUT2D eigenvalue weighted by atomic mass is 19.1. The summed E-state index contributed by atoms with van der Waals surface area (Å²) in [6, 6.07) is 9.49. The van der Waals surface area contributed by atoms with E-state index in [0.717, 1.165) is 34.5 Å². The van der Waals surface area contributed by atoms with Gasteiger partial charge in [-0.15, -0.1) is 0 Å². The van der Waals surface area contributed by atoms with Gasteiger partial charge in [0, 0.05) is 12.1 Å². The van der Waals surface area contributed by atoms with Crippen LogP contribution in [0.3, 0.4) is 0 Å². The fraction of sp³-hybridized carbons (Fsp3) is 0.333. The summed E-state index contributed by atoms with van der Waals surface area (Å²) in [6.07, 6.45) is 0. The van der Waals surface area contributed by atoms with Gasteiger partial charge in [-0.1, -0.05) is 19.1 Å². The van der Waals surface area contributed by atoms with E-state index in [1.807, 2.05) is 45.0 Å². The van der Waals surface area contributed by atoms with Crippen LogP contribution in [0, 0.1) is 19.7 Å². The molecule has 2 rings (SSSR count). The Bertz CT molecular complexity index is 637. The highest BCUT2D eigenvalue weighted by Crippen LogP contribution is 2.30. The summed E-state index contributed by atoms with van der Waals surface area (Å²) in [5.41, 5.74) is 4.77. The molecule has 2 nitrogen and oxygen atoms in total. The van der Waals surface area contributed by atoms with Crippen LogP contribution in [0.1, 0.15) is 23.6 Å². The Morgan fingerprint density at radius 3 is 2.48 bits per heavy atom. The van der Waals surface area contributed by atoms with Crippen molar-refractivity contribution < 1.29 is 9.13 Å². The molecule has 0 aliphatic rings. The van der Waals surface area contributed by atoms with E-state index in [-0.39, 0.29) is 5.82 Å². The highest BCUT2D eigenvalue weighted by molar-refractivity contribution is 5.70. The minimum atomic E-state index is -0.165. The van der Waals surface area contributed by atoms with Gasteiger partial charge in [-0.05, 0) is 60.8 Å². The van der Waals surface area contributed by atoms with E-state index in [0.29, 0.717) is 12.1 Å². The molecule has 0 saturated heterocycles. The lowest BCUT2D eigenvalue weighted by molar-refractivity contribution is 0.411. The number of ether oxygens (including phenoxy) is 1. The van der Waals surface area contributed by atoms with Gasteiger partial charge in [-0.25, -0.2) is 4.39 Å². The van der Waals surface area contributed by atoms with Crippen molar-refractivity contribution in [2.45, 2.75) is 27.3 Å². The first kappa shape index (κ1) is 15.5. The van der Waals surface area contributed by atoms with Crippen molar-refractivity contribution in [2.75, 3.05) is 13.7 Å². The average molecular weight is 287 g/mol. The fourth-order valence-corrected chi connectivity index (χ4v) is 2.44. The Morgan fingerprint density at radius 2 is 1.86 bits per heavy atom. The zero-order chi connectivity index (χ0) is 15.4. The van der Waals surface area contributed by atoms with Crippen LogP contribution in [0.25, 0.3) is 11.1 Å². The molecule has 0 aliphatic heterocycles. The normalized spacial score (nSPS) is 10.7. The standard InChI is InChI=1S/C18H22FNO/c1-5-20-11-15-7-6-14(10-17(15)19)16-8-13(3)18(21-4)9-12(16)2/h6-10,20H,5,11H2,1-4H3. The second kappa shape index (κ2) is 6.72. The molecule has 0 atom stereocenters. The Kier molecular flexibility index (Phi) is 4.97. The Hall–Kier alpha value is -1.87. The van der Waals surface area contributed by atoms with Crippen LogP contribution in [-0.2, 0) is 6.54 Å². The highest BCUT2D eigenvalue weighted by Gasteiger charge is 2.09. The van der Waals surface area contributed by atoms with Crippen LogP contribution in [0.4, 0.5) is 4.39 Å². The van der Waals surface area contributed by atoms with Gasteiger partial charge in [-0.3, -0.25) is 0 Å². The third-order valence-corrected chi connectivity index (χ3v) is 3.67. The molecule has 0 radical (unpaired) electrons. The lowest BCUT2D eigenvalue weighted by Crippen LogP contribution is -2.12. The molecular formula is C18H22FNO. The van der Waals surface area contributed by atoms with Gasteiger partial charge in [0.15, 0.2) is 0 Å². The summed E-state index contributed by atoms with van der Waals surface area (Å²) in [7, 11) is 1.66. The molecule has 1 N–H and O–H groups in total. The largest absolute Gasteiger partial charge is 0.496 e. The number of methoxy groups -OCH3 is 1. The predicted octanol–water partition coefficient (Wildman–Crippen LogP) is 4.23. The number of benzene rings is 2. The topological polar surface area (TPSA) is 21.3 Å². The molecule has 112 valence electrons. The van der Waals surface area contributed by atoms with Gasteiger partial charge < -0.3 is 10.1 Å². The molecule has 0 bridgehead atoms. The Labute approximate surface area is 126 Å². The first-order valence-corrected chi connectivity index (χ1v) is 7.21. The molecule has 3 heteroatoms. The van der Waals surface area contributed by atoms with Crippen LogP contribution < -0.4 is 10.1 Å².